The van der Waals surface area contributed by atoms with E-state index in [1.165, 1.54) is 5.56 Å². The Labute approximate surface area is 117 Å². The first-order valence-electron chi connectivity index (χ1n) is 6.11. The van der Waals surface area contributed by atoms with Crippen molar-refractivity contribution in [1.29, 1.82) is 0 Å². The van der Waals surface area contributed by atoms with Crippen LogP contribution in [0.2, 0.25) is 0 Å². The van der Waals surface area contributed by atoms with Gasteiger partial charge in [0.2, 0.25) is 0 Å². The fraction of sp³-hybridized carbons (Fsp3) is 0.250. The Morgan fingerprint density at radius 2 is 1.61 bits per heavy atom. The van der Waals surface area contributed by atoms with Gasteiger partial charge in [0.15, 0.2) is 0 Å². The van der Waals surface area contributed by atoms with Gasteiger partial charge in [0, 0.05) is 4.47 Å². The first-order chi connectivity index (χ1) is 8.59. The molecule has 0 heterocycles. The second kappa shape index (κ2) is 5.68. The number of hydrogen-bond donors (Lipinski definition) is 1. The second-order valence-corrected chi connectivity index (χ2v) is 5.59. The molecule has 0 saturated carbocycles. The predicted octanol–water partition coefficient (Wildman–Crippen LogP) is 4.29. The van der Waals surface area contributed by atoms with Crippen LogP contribution in [0.3, 0.4) is 0 Å². The Kier molecular flexibility index (Phi) is 4.20. The molecular formula is C16H17BrO. The van der Waals surface area contributed by atoms with E-state index < -0.39 is 5.60 Å². The molecule has 0 aliphatic carbocycles. The van der Waals surface area contributed by atoms with Gasteiger partial charge in [-0.2, -0.15) is 0 Å². The van der Waals surface area contributed by atoms with Crippen LogP contribution < -0.4 is 0 Å². The normalized spacial score (nSPS) is 14.2. The van der Waals surface area contributed by atoms with Crippen molar-refractivity contribution in [1.82, 2.24) is 0 Å². The molecule has 0 bridgehead atoms. The number of hydrogen-bond acceptors (Lipinski definition) is 1. The number of rotatable bonds is 4. The molecule has 0 amide bonds. The Balaban J connectivity index is 2.11. The minimum Gasteiger partial charge on any atom is -0.385 e. The Morgan fingerprint density at radius 1 is 1.00 bits per heavy atom. The predicted molar refractivity (Wildman–Crippen MR) is 78.5 cm³/mol. The van der Waals surface area contributed by atoms with Crippen molar-refractivity contribution in [3.05, 3.63) is 70.2 Å². The van der Waals surface area contributed by atoms with Crippen LogP contribution in [0.1, 0.15) is 24.5 Å². The number of benzene rings is 2. The summed E-state index contributed by atoms with van der Waals surface area (Å²) in [6.07, 6.45) is 1.58. The van der Waals surface area contributed by atoms with Gasteiger partial charge in [0.1, 0.15) is 0 Å². The average molecular weight is 305 g/mol. The Hall–Kier alpha value is -1.12. The van der Waals surface area contributed by atoms with Crippen LogP contribution in [0.15, 0.2) is 59.1 Å². The summed E-state index contributed by atoms with van der Waals surface area (Å²) in [5.74, 6) is 0. The summed E-state index contributed by atoms with van der Waals surface area (Å²) in [6.45, 7) is 1.87. The maximum absolute atomic E-state index is 10.6. The molecule has 1 unspecified atom stereocenters. The molecule has 2 rings (SSSR count). The molecule has 1 nitrogen and oxygen atoms in total. The topological polar surface area (TPSA) is 20.2 Å². The largest absolute Gasteiger partial charge is 0.385 e. The summed E-state index contributed by atoms with van der Waals surface area (Å²) in [5, 5.41) is 10.6. The molecule has 0 aliphatic rings. The van der Waals surface area contributed by atoms with Crippen molar-refractivity contribution in [2.45, 2.75) is 25.4 Å². The van der Waals surface area contributed by atoms with E-state index in [4.69, 9.17) is 0 Å². The fourth-order valence-corrected chi connectivity index (χ4v) is 2.78. The highest BCUT2D eigenvalue weighted by atomic mass is 79.9. The molecule has 0 aromatic heterocycles. The molecule has 0 spiro atoms. The highest BCUT2D eigenvalue weighted by Gasteiger charge is 2.24. The van der Waals surface area contributed by atoms with E-state index in [-0.39, 0.29) is 0 Å². The standard InChI is InChI=1S/C16H17BrO/c1-16(18,14-9-5-6-10-15(14)17)12-11-13-7-3-2-4-8-13/h2-10,18H,11-12H2,1H3. The van der Waals surface area contributed by atoms with E-state index in [9.17, 15) is 5.11 Å². The van der Waals surface area contributed by atoms with Crippen LogP contribution in [0.4, 0.5) is 0 Å². The van der Waals surface area contributed by atoms with E-state index in [1.807, 2.05) is 49.4 Å². The lowest BCUT2D eigenvalue weighted by atomic mass is 9.89. The maximum atomic E-state index is 10.6. The van der Waals surface area contributed by atoms with E-state index in [0.717, 1.165) is 16.5 Å². The first-order valence-corrected chi connectivity index (χ1v) is 6.90. The molecule has 0 saturated heterocycles. The summed E-state index contributed by atoms with van der Waals surface area (Å²) >= 11 is 3.50. The summed E-state index contributed by atoms with van der Waals surface area (Å²) in [6, 6.07) is 18.1. The maximum Gasteiger partial charge on any atom is 0.0882 e. The van der Waals surface area contributed by atoms with Crippen molar-refractivity contribution >= 4 is 15.9 Å². The minimum absolute atomic E-state index is 0.708. The van der Waals surface area contributed by atoms with Crippen molar-refractivity contribution in [2.75, 3.05) is 0 Å². The third-order valence-corrected chi connectivity index (χ3v) is 3.89. The molecule has 1 atom stereocenters. The molecule has 0 radical (unpaired) electrons. The zero-order valence-corrected chi connectivity index (χ0v) is 12.0. The van der Waals surface area contributed by atoms with Gasteiger partial charge in [0.05, 0.1) is 5.60 Å². The number of aryl methyl sites for hydroxylation is 1. The lowest BCUT2D eigenvalue weighted by Crippen LogP contribution is -2.22. The monoisotopic (exact) mass is 304 g/mol. The van der Waals surface area contributed by atoms with Gasteiger partial charge in [-0.05, 0) is 37.0 Å². The molecule has 1 N–H and O–H groups in total. The lowest BCUT2D eigenvalue weighted by Gasteiger charge is -2.25. The van der Waals surface area contributed by atoms with Crippen molar-refractivity contribution in [2.24, 2.45) is 0 Å². The Morgan fingerprint density at radius 3 is 2.28 bits per heavy atom. The quantitative estimate of drug-likeness (QED) is 0.893. The average Bonchev–Trinajstić information content (AvgIpc) is 2.38. The molecule has 0 fully saturated rings. The lowest BCUT2D eigenvalue weighted by molar-refractivity contribution is 0.0473. The van der Waals surface area contributed by atoms with E-state index in [0.29, 0.717) is 6.42 Å². The summed E-state index contributed by atoms with van der Waals surface area (Å²) < 4.78 is 0.961. The van der Waals surface area contributed by atoms with Crippen LogP contribution >= 0.6 is 15.9 Å². The van der Waals surface area contributed by atoms with Crippen LogP contribution in [-0.4, -0.2) is 5.11 Å². The third-order valence-electron chi connectivity index (χ3n) is 3.20. The van der Waals surface area contributed by atoms with Gasteiger partial charge in [-0.25, -0.2) is 0 Å². The summed E-state index contributed by atoms with van der Waals surface area (Å²) in [5.41, 5.74) is 1.39. The van der Waals surface area contributed by atoms with Gasteiger partial charge in [0.25, 0.3) is 0 Å². The minimum atomic E-state index is -0.810. The summed E-state index contributed by atoms with van der Waals surface area (Å²) in [4.78, 5) is 0. The van der Waals surface area contributed by atoms with Gasteiger partial charge in [-0.15, -0.1) is 0 Å². The van der Waals surface area contributed by atoms with Crippen LogP contribution in [0.25, 0.3) is 0 Å². The molecule has 2 aromatic rings. The van der Waals surface area contributed by atoms with Crippen molar-refractivity contribution in [3.8, 4) is 0 Å². The van der Waals surface area contributed by atoms with Gasteiger partial charge >= 0.3 is 0 Å². The highest BCUT2D eigenvalue weighted by Crippen LogP contribution is 2.31. The molecular weight excluding hydrogens is 288 g/mol. The smallest absolute Gasteiger partial charge is 0.0882 e. The van der Waals surface area contributed by atoms with Crippen molar-refractivity contribution < 1.29 is 5.11 Å². The fourth-order valence-electron chi connectivity index (χ4n) is 2.07. The van der Waals surface area contributed by atoms with Gasteiger partial charge in [-0.1, -0.05) is 64.5 Å². The van der Waals surface area contributed by atoms with Gasteiger partial charge < -0.3 is 5.11 Å². The highest BCUT2D eigenvalue weighted by molar-refractivity contribution is 9.10. The van der Waals surface area contributed by atoms with Gasteiger partial charge in [-0.3, -0.25) is 0 Å². The SMILES string of the molecule is CC(O)(CCc1ccccc1)c1ccccc1Br. The van der Waals surface area contributed by atoms with Crippen LogP contribution in [0.5, 0.6) is 0 Å². The summed E-state index contributed by atoms with van der Waals surface area (Å²) in [7, 11) is 0. The van der Waals surface area contributed by atoms with E-state index in [2.05, 4.69) is 28.1 Å². The second-order valence-electron chi connectivity index (χ2n) is 4.74. The molecule has 2 aromatic carbocycles. The first kappa shape index (κ1) is 13.3. The number of halogens is 1. The number of aliphatic hydroxyl groups is 1. The molecule has 2 heteroatoms. The van der Waals surface area contributed by atoms with Crippen molar-refractivity contribution in [3.63, 3.8) is 0 Å². The zero-order valence-electron chi connectivity index (χ0n) is 10.4. The van der Waals surface area contributed by atoms with Crippen LogP contribution in [0, 0.1) is 0 Å². The molecule has 94 valence electrons. The molecule has 18 heavy (non-hydrogen) atoms. The van der Waals surface area contributed by atoms with Crippen LogP contribution in [-0.2, 0) is 12.0 Å². The zero-order chi connectivity index (χ0) is 13.0. The third kappa shape index (κ3) is 3.21. The van der Waals surface area contributed by atoms with E-state index >= 15 is 0 Å². The van der Waals surface area contributed by atoms with E-state index in [1.54, 1.807) is 0 Å². The molecule has 0 aliphatic heterocycles. The Bertz CT molecular complexity index is 506.